The van der Waals surface area contributed by atoms with E-state index in [4.69, 9.17) is 35.4 Å². The Kier molecular flexibility index (Phi) is 5.81. The second-order valence-electron chi connectivity index (χ2n) is 6.38. The average Bonchev–Trinajstić information content (AvgIpc) is 2.58. The van der Waals surface area contributed by atoms with Crippen LogP contribution in [0.4, 0.5) is 0 Å². The Balaban J connectivity index is 1.58. The van der Waals surface area contributed by atoms with Gasteiger partial charge in [0.2, 0.25) is 11.8 Å². The molecule has 2 aliphatic rings. The van der Waals surface area contributed by atoms with Crippen molar-refractivity contribution in [3.05, 3.63) is 33.8 Å². The van der Waals surface area contributed by atoms with E-state index in [0.29, 0.717) is 15.2 Å². The van der Waals surface area contributed by atoms with Gasteiger partial charge in [-0.05, 0) is 42.8 Å². The molecule has 0 spiro atoms. The lowest BCUT2D eigenvalue weighted by Crippen LogP contribution is -2.62. The zero-order valence-electron chi connectivity index (χ0n) is 13.6. The van der Waals surface area contributed by atoms with Gasteiger partial charge in [-0.2, -0.15) is 0 Å². The van der Waals surface area contributed by atoms with E-state index in [-0.39, 0.29) is 36.9 Å². The summed E-state index contributed by atoms with van der Waals surface area (Å²) in [5, 5.41) is 7.36. The van der Waals surface area contributed by atoms with Crippen LogP contribution in [-0.4, -0.2) is 34.4 Å². The second kappa shape index (κ2) is 7.89. The predicted octanol–water partition coefficient (Wildman–Crippen LogP) is 2.89. The molecule has 2 unspecified atom stereocenters. The van der Waals surface area contributed by atoms with Crippen molar-refractivity contribution in [2.24, 2.45) is 5.92 Å². The van der Waals surface area contributed by atoms with Crippen molar-refractivity contribution in [1.82, 2.24) is 15.5 Å². The number of hydrogen-bond acceptors (Lipinski definition) is 3. The molecule has 1 aromatic carbocycles. The number of nitrogens with one attached hydrogen (secondary N) is 2. The molecule has 1 saturated carbocycles. The van der Waals surface area contributed by atoms with E-state index in [0.717, 1.165) is 31.2 Å². The van der Waals surface area contributed by atoms with E-state index < -0.39 is 0 Å². The maximum absolute atomic E-state index is 12.7. The van der Waals surface area contributed by atoms with Crippen molar-refractivity contribution in [3.63, 3.8) is 0 Å². The van der Waals surface area contributed by atoms with Gasteiger partial charge in [-0.15, -0.1) is 0 Å². The van der Waals surface area contributed by atoms with Crippen molar-refractivity contribution in [2.75, 3.05) is 6.54 Å². The molecule has 2 atom stereocenters. The Labute approximate surface area is 162 Å². The molecule has 1 aliphatic heterocycles. The first-order valence-electron chi connectivity index (χ1n) is 8.28. The standard InChI is InChI=1S/C17H19Cl2N3O2S/c18-11-6-5-10(13(19)7-11)8-20-15(23)9-22-16(24)12-3-1-2-4-14(12)21-17(22)25/h5-7,12,14H,1-4,8-9H2,(H,20,23)(H,21,25). The monoisotopic (exact) mass is 399 g/mol. The highest BCUT2D eigenvalue weighted by Gasteiger charge is 2.40. The molecule has 2 N–H and O–H groups in total. The van der Waals surface area contributed by atoms with Crippen molar-refractivity contribution >= 4 is 52.3 Å². The Bertz CT molecular complexity index is 713. The molecule has 3 rings (SSSR count). The summed E-state index contributed by atoms with van der Waals surface area (Å²) in [5.41, 5.74) is 0.762. The van der Waals surface area contributed by atoms with Gasteiger partial charge in [0.25, 0.3) is 0 Å². The number of halogens is 2. The van der Waals surface area contributed by atoms with Crippen LogP contribution >= 0.6 is 35.4 Å². The van der Waals surface area contributed by atoms with Crippen LogP contribution in [0.1, 0.15) is 31.2 Å². The molecular formula is C17H19Cl2N3O2S. The van der Waals surface area contributed by atoms with Crippen LogP contribution < -0.4 is 10.6 Å². The molecule has 25 heavy (non-hydrogen) atoms. The molecule has 1 aliphatic carbocycles. The van der Waals surface area contributed by atoms with Gasteiger partial charge in [0.15, 0.2) is 5.11 Å². The topological polar surface area (TPSA) is 61.4 Å². The molecule has 0 bridgehead atoms. The van der Waals surface area contributed by atoms with Crippen LogP contribution in [0.3, 0.4) is 0 Å². The summed E-state index contributed by atoms with van der Waals surface area (Å²) in [6.07, 6.45) is 3.94. The van der Waals surface area contributed by atoms with E-state index in [1.54, 1.807) is 18.2 Å². The molecule has 2 fully saturated rings. The molecule has 8 heteroatoms. The molecule has 1 heterocycles. The minimum absolute atomic E-state index is 0.0480. The Morgan fingerprint density at radius 1 is 1.32 bits per heavy atom. The largest absolute Gasteiger partial charge is 0.359 e. The third-order valence-corrected chi connectivity index (χ3v) is 5.62. The fourth-order valence-corrected chi connectivity index (χ4v) is 4.13. The van der Waals surface area contributed by atoms with E-state index >= 15 is 0 Å². The lowest BCUT2D eigenvalue weighted by molar-refractivity contribution is -0.138. The average molecular weight is 400 g/mol. The minimum atomic E-state index is -0.280. The predicted molar refractivity (Wildman–Crippen MR) is 102 cm³/mol. The Morgan fingerprint density at radius 2 is 2.08 bits per heavy atom. The summed E-state index contributed by atoms with van der Waals surface area (Å²) in [5.74, 6) is -0.412. The smallest absolute Gasteiger partial charge is 0.240 e. The summed E-state index contributed by atoms with van der Waals surface area (Å²) in [4.78, 5) is 26.3. The number of rotatable bonds is 4. The molecule has 2 amide bonds. The van der Waals surface area contributed by atoms with Crippen LogP contribution in [0.5, 0.6) is 0 Å². The number of carbonyl (C=O) groups excluding carboxylic acids is 2. The highest BCUT2D eigenvalue weighted by molar-refractivity contribution is 7.80. The van der Waals surface area contributed by atoms with Gasteiger partial charge in [-0.25, -0.2) is 0 Å². The number of nitrogens with zero attached hydrogens (tertiary/aromatic N) is 1. The van der Waals surface area contributed by atoms with Gasteiger partial charge in [0.05, 0.1) is 5.92 Å². The lowest BCUT2D eigenvalue weighted by atomic mass is 9.82. The van der Waals surface area contributed by atoms with Crippen molar-refractivity contribution < 1.29 is 9.59 Å². The van der Waals surface area contributed by atoms with Crippen molar-refractivity contribution in [1.29, 1.82) is 0 Å². The molecule has 0 radical (unpaired) electrons. The number of fused-ring (bicyclic) bond motifs is 1. The zero-order valence-corrected chi connectivity index (χ0v) is 15.9. The number of benzene rings is 1. The van der Waals surface area contributed by atoms with Gasteiger partial charge in [0, 0.05) is 22.6 Å². The summed E-state index contributed by atoms with van der Waals surface area (Å²) >= 11 is 17.2. The maximum atomic E-state index is 12.7. The van der Waals surface area contributed by atoms with Gasteiger partial charge >= 0.3 is 0 Å². The summed E-state index contributed by atoms with van der Waals surface area (Å²) in [6, 6.07) is 5.21. The summed E-state index contributed by atoms with van der Waals surface area (Å²) in [6.45, 7) is 0.183. The Hall–Kier alpha value is -1.37. The first-order valence-corrected chi connectivity index (χ1v) is 9.44. The van der Waals surface area contributed by atoms with Crippen LogP contribution in [0.2, 0.25) is 10.0 Å². The van der Waals surface area contributed by atoms with Gasteiger partial charge < -0.3 is 10.6 Å². The van der Waals surface area contributed by atoms with Gasteiger partial charge in [-0.1, -0.05) is 42.1 Å². The molecule has 1 saturated heterocycles. The van der Waals surface area contributed by atoms with Crippen molar-refractivity contribution in [2.45, 2.75) is 38.3 Å². The van der Waals surface area contributed by atoms with Crippen LogP contribution in [0.15, 0.2) is 18.2 Å². The van der Waals surface area contributed by atoms with Crippen LogP contribution in [-0.2, 0) is 16.1 Å². The normalized spacial score (nSPS) is 23.0. The fourth-order valence-electron chi connectivity index (χ4n) is 3.34. The van der Waals surface area contributed by atoms with E-state index in [2.05, 4.69) is 10.6 Å². The molecule has 1 aromatic rings. The number of hydrogen-bond donors (Lipinski definition) is 2. The third kappa shape index (κ3) is 4.25. The van der Waals surface area contributed by atoms with Gasteiger partial charge in [-0.3, -0.25) is 14.5 Å². The SMILES string of the molecule is O=C(CN1C(=O)C2CCCCC2NC1=S)NCc1ccc(Cl)cc1Cl. The molecule has 134 valence electrons. The minimum Gasteiger partial charge on any atom is -0.359 e. The highest BCUT2D eigenvalue weighted by Crippen LogP contribution is 2.29. The van der Waals surface area contributed by atoms with Crippen LogP contribution in [0, 0.1) is 5.92 Å². The zero-order chi connectivity index (χ0) is 18.0. The van der Waals surface area contributed by atoms with E-state index in [1.165, 1.54) is 4.90 Å². The van der Waals surface area contributed by atoms with Crippen LogP contribution in [0.25, 0.3) is 0 Å². The quantitative estimate of drug-likeness (QED) is 0.764. The number of thiocarbonyl (C=S) groups is 1. The third-order valence-electron chi connectivity index (χ3n) is 4.70. The van der Waals surface area contributed by atoms with E-state index in [1.807, 2.05) is 0 Å². The molecule has 5 nitrogen and oxygen atoms in total. The van der Waals surface area contributed by atoms with Crippen molar-refractivity contribution in [3.8, 4) is 0 Å². The first kappa shape index (κ1) is 18.4. The summed E-state index contributed by atoms with van der Waals surface area (Å²) in [7, 11) is 0. The second-order valence-corrected chi connectivity index (χ2v) is 7.61. The number of carbonyl (C=O) groups is 2. The molecule has 0 aromatic heterocycles. The Morgan fingerprint density at radius 3 is 2.84 bits per heavy atom. The highest BCUT2D eigenvalue weighted by atomic mass is 35.5. The fraction of sp³-hybridized carbons (Fsp3) is 0.471. The first-order chi connectivity index (χ1) is 12.0. The molecular weight excluding hydrogens is 381 g/mol. The van der Waals surface area contributed by atoms with E-state index in [9.17, 15) is 9.59 Å². The maximum Gasteiger partial charge on any atom is 0.240 e. The lowest BCUT2D eigenvalue weighted by Gasteiger charge is -2.41. The number of amides is 2. The van der Waals surface area contributed by atoms with Gasteiger partial charge in [0.1, 0.15) is 6.54 Å². The summed E-state index contributed by atoms with van der Waals surface area (Å²) < 4.78 is 0.